The van der Waals surface area contributed by atoms with Crippen molar-refractivity contribution in [2.24, 2.45) is 0 Å². The molecular weight excluding hydrogens is 515 g/mol. The maximum atomic E-state index is 2.58. The van der Waals surface area contributed by atoms with Crippen LogP contribution in [0, 0.1) is 0 Å². The third-order valence-electron chi connectivity index (χ3n) is 7.85. The fraction of sp³-hybridized carbons (Fsp3) is 0.333. The van der Waals surface area contributed by atoms with Crippen molar-refractivity contribution in [3.8, 4) is 0 Å². The van der Waals surface area contributed by atoms with Crippen LogP contribution in [-0.4, -0.2) is 8.07 Å². The van der Waals surface area contributed by atoms with Gasteiger partial charge in [-0.1, -0.05) is 0 Å². The molecule has 0 aromatic heterocycles. The zero-order valence-electron chi connectivity index (χ0n) is 18.6. The van der Waals surface area contributed by atoms with Crippen LogP contribution in [0.15, 0.2) is 84.1 Å². The topological polar surface area (TPSA) is 0 Å². The maximum absolute atomic E-state index is 2.58. The monoisotopic (exact) mass is 541 g/mol. The van der Waals surface area contributed by atoms with Gasteiger partial charge in [0.15, 0.2) is 0 Å². The van der Waals surface area contributed by atoms with Gasteiger partial charge in [0.05, 0.1) is 0 Å². The van der Waals surface area contributed by atoms with Gasteiger partial charge in [0.2, 0.25) is 0 Å². The van der Waals surface area contributed by atoms with Gasteiger partial charge in [-0.05, 0) is 0 Å². The van der Waals surface area contributed by atoms with Crippen LogP contribution in [0.5, 0.6) is 0 Å². The van der Waals surface area contributed by atoms with E-state index in [4.69, 9.17) is 0 Å². The SMILES string of the molecule is CC1(C)CC(C)(C)[Si]1(C1=C(c2ccccc2)c2ccccc2[CH]1[Zr+2])C1C=CC=C1.[Cl-].[Cl-]. The summed E-state index contributed by atoms with van der Waals surface area (Å²) in [6.07, 6.45) is 11.0. The number of rotatable bonds is 3. The van der Waals surface area contributed by atoms with Crippen LogP contribution in [0.2, 0.25) is 15.6 Å². The molecule has 2 aromatic rings. The second kappa shape index (κ2) is 8.60. The Kier molecular flexibility index (Phi) is 6.93. The van der Waals surface area contributed by atoms with Crippen molar-refractivity contribution in [2.75, 3.05) is 0 Å². The molecular formula is C27H29Cl2SiZr. The Labute approximate surface area is 216 Å². The molecule has 159 valence electrons. The predicted octanol–water partition coefficient (Wildman–Crippen LogP) is 1.55. The van der Waals surface area contributed by atoms with E-state index in [-0.39, 0.29) is 24.8 Å². The fourth-order valence-corrected chi connectivity index (χ4v) is 18.8. The summed E-state index contributed by atoms with van der Waals surface area (Å²) in [6, 6.07) is 20.5. The third kappa shape index (κ3) is 3.31. The molecule has 0 bridgehead atoms. The standard InChI is InChI=1S/C27H29Si.2ClH.Zr/c1-26(2)19-27(3,4)28(26,22-15-9-10-16-22)24-18-21-14-8-11-17-23(21)25(24)20-12-6-5-7-13-20;;;/h5-18,22H,19H2,1-4H3;2*1H;/q;;;+2/p-2. The van der Waals surface area contributed by atoms with Crippen molar-refractivity contribution in [3.63, 3.8) is 0 Å². The van der Waals surface area contributed by atoms with Gasteiger partial charge in [-0.2, -0.15) is 0 Å². The Balaban J connectivity index is 0.00000136. The average molecular weight is 544 g/mol. The number of allylic oxidation sites excluding steroid dienone is 5. The maximum Gasteiger partial charge on any atom is -1.00 e. The van der Waals surface area contributed by atoms with E-state index in [1.165, 1.54) is 17.5 Å². The second-order valence-corrected chi connectivity index (χ2v) is 17.2. The molecule has 2 aromatic carbocycles. The van der Waals surface area contributed by atoms with Crippen molar-refractivity contribution in [3.05, 3.63) is 101 Å². The number of halogens is 2. The molecule has 2 aliphatic carbocycles. The van der Waals surface area contributed by atoms with E-state index in [0.29, 0.717) is 19.2 Å². The van der Waals surface area contributed by atoms with Crippen LogP contribution in [0.4, 0.5) is 0 Å². The molecule has 1 unspecified atom stereocenters. The minimum absolute atomic E-state index is 0. The van der Waals surface area contributed by atoms with Crippen molar-refractivity contribution in [1.29, 1.82) is 0 Å². The number of hydrogen-bond acceptors (Lipinski definition) is 0. The van der Waals surface area contributed by atoms with Gasteiger partial charge in [-0.3, -0.25) is 0 Å². The fourth-order valence-electron chi connectivity index (χ4n) is 7.49. The molecule has 1 fully saturated rings. The van der Waals surface area contributed by atoms with Crippen LogP contribution >= 0.6 is 0 Å². The van der Waals surface area contributed by atoms with Gasteiger partial charge in [0.25, 0.3) is 0 Å². The van der Waals surface area contributed by atoms with E-state index in [9.17, 15) is 0 Å². The van der Waals surface area contributed by atoms with E-state index in [1.807, 2.05) is 5.20 Å². The van der Waals surface area contributed by atoms with Crippen molar-refractivity contribution >= 4 is 13.6 Å². The second-order valence-electron chi connectivity index (χ2n) is 10.2. The molecule has 4 heteroatoms. The summed E-state index contributed by atoms with van der Waals surface area (Å²) in [5.41, 5.74) is 6.65. The van der Waals surface area contributed by atoms with Gasteiger partial charge in [0.1, 0.15) is 0 Å². The average Bonchev–Trinajstić information content (AvgIpc) is 3.30. The van der Waals surface area contributed by atoms with Crippen molar-refractivity contribution in [1.82, 2.24) is 0 Å². The molecule has 3 aliphatic rings. The number of hydrogen-bond donors (Lipinski definition) is 0. The van der Waals surface area contributed by atoms with Crippen LogP contribution < -0.4 is 24.8 Å². The summed E-state index contributed by atoms with van der Waals surface area (Å²) >= 11 is 1.64. The quantitative estimate of drug-likeness (QED) is 0.516. The summed E-state index contributed by atoms with van der Waals surface area (Å²) in [7, 11) is -1.91. The van der Waals surface area contributed by atoms with Crippen molar-refractivity contribution < 1.29 is 49.5 Å². The smallest absolute Gasteiger partial charge is 1.00 e. The molecule has 31 heavy (non-hydrogen) atoms. The van der Waals surface area contributed by atoms with Gasteiger partial charge >= 0.3 is 193 Å². The summed E-state index contributed by atoms with van der Waals surface area (Å²) in [5, 5.41) is 2.63. The first kappa shape index (κ1) is 25.0. The molecule has 1 aliphatic heterocycles. The summed E-state index contributed by atoms with van der Waals surface area (Å²) in [6.45, 7) is 10.3. The van der Waals surface area contributed by atoms with Gasteiger partial charge < -0.3 is 24.8 Å². The van der Waals surface area contributed by atoms with Gasteiger partial charge in [0, 0.05) is 0 Å². The van der Waals surface area contributed by atoms with Crippen molar-refractivity contribution in [2.45, 2.75) is 53.4 Å². The van der Waals surface area contributed by atoms with Crippen LogP contribution in [0.3, 0.4) is 0 Å². The minimum atomic E-state index is -1.91. The van der Waals surface area contributed by atoms with Crippen LogP contribution in [0.25, 0.3) is 5.57 Å². The molecule has 1 heterocycles. The molecule has 0 N–H and O–H groups in total. The molecule has 0 spiro atoms. The molecule has 0 amide bonds. The molecule has 0 saturated carbocycles. The Morgan fingerprint density at radius 2 is 1.35 bits per heavy atom. The largest absolute Gasteiger partial charge is 1.00 e. The molecule has 5 rings (SSSR count). The van der Waals surface area contributed by atoms with E-state index < -0.39 is 8.07 Å². The first-order valence-electron chi connectivity index (χ1n) is 10.8. The third-order valence-corrected chi connectivity index (χ3v) is 17.4. The number of benzene rings is 2. The normalized spacial score (nSPS) is 24.3. The Hall–Kier alpha value is -0.660. The van der Waals surface area contributed by atoms with Gasteiger partial charge in [-0.25, -0.2) is 0 Å². The zero-order valence-corrected chi connectivity index (χ0v) is 23.6. The predicted molar refractivity (Wildman–Crippen MR) is 122 cm³/mol. The van der Waals surface area contributed by atoms with E-state index >= 15 is 0 Å². The summed E-state index contributed by atoms with van der Waals surface area (Å²) in [5.74, 6) is 0. The zero-order chi connectivity index (χ0) is 20.4. The first-order valence-corrected chi connectivity index (χ1v) is 14.3. The van der Waals surface area contributed by atoms with Crippen LogP contribution in [0.1, 0.15) is 54.4 Å². The summed E-state index contributed by atoms with van der Waals surface area (Å²) in [4.78, 5) is 0. The molecule has 1 atom stereocenters. The Morgan fingerprint density at radius 1 is 0.806 bits per heavy atom. The number of fused-ring (bicyclic) bond motifs is 1. The molecule has 0 radical (unpaired) electrons. The summed E-state index contributed by atoms with van der Waals surface area (Å²) < 4.78 is 0.585. The Morgan fingerprint density at radius 3 is 1.94 bits per heavy atom. The van der Waals surface area contributed by atoms with E-state index in [0.717, 1.165) is 0 Å². The van der Waals surface area contributed by atoms with Gasteiger partial charge in [-0.15, -0.1) is 0 Å². The molecule has 0 nitrogen and oxygen atoms in total. The molecule has 1 saturated heterocycles. The van der Waals surface area contributed by atoms with Crippen LogP contribution in [-0.2, 0) is 24.7 Å². The van der Waals surface area contributed by atoms with E-state index in [1.54, 1.807) is 35.9 Å². The first-order chi connectivity index (χ1) is 13.8. The Bertz CT molecular complexity index is 1040. The van der Waals surface area contributed by atoms with E-state index in [2.05, 4.69) is 107 Å². The minimum Gasteiger partial charge on any atom is -1.00 e.